The van der Waals surface area contributed by atoms with Gasteiger partial charge < -0.3 is 9.47 Å². The number of rotatable bonds is 3. The van der Waals surface area contributed by atoms with Crippen molar-refractivity contribution in [3.05, 3.63) is 42.0 Å². The van der Waals surface area contributed by atoms with Gasteiger partial charge in [0.25, 0.3) is 0 Å². The minimum atomic E-state index is 0.767. The zero-order valence-corrected chi connectivity index (χ0v) is 8.99. The van der Waals surface area contributed by atoms with E-state index in [1.807, 2.05) is 18.2 Å². The van der Waals surface area contributed by atoms with Crippen LogP contribution in [0.15, 0.2) is 36.4 Å². The number of hydrogen-bond donors (Lipinski definition) is 0. The summed E-state index contributed by atoms with van der Waals surface area (Å²) < 4.78 is 10.5. The second-order valence-electron chi connectivity index (χ2n) is 3.37. The van der Waals surface area contributed by atoms with Crippen LogP contribution in [0.5, 0.6) is 11.5 Å². The van der Waals surface area contributed by atoms with E-state index in [1.165, 1.54) is 11.1 Å². The number of ether oxygens (including phenoxy) is 2. The molecule has 2 nitrogen and oxygen atoms in total. The van der Waals surface area contributed by atoms with Crippen LogP contribution in [0.2, 0.25) is 0 Å². The van der Waals surface area contributed by atoms with Crippen LogP contribution in [0, 0.1) is 0 Å². The first kappa shape index (κ1) is 9.84. The molecule has 0 spiro atoms. The molecule has 2 rings (SSSR count). The fourth-order valence-corrected chi connectivity index (χ4v) is 1.69. The topological polar surface area (TPSA) is 18.5 Å². The van der Waals surface area contributed by atoms with Gasteiger partial charge in [-0.05, 0) is 29.7 Å². The second kappa shape index (κ2) is 4.22. The maximum atomic E-state index is 5.26. The van der Waals surface area contributed by atoms with Crippen molar-refractivity contribution in [2.45, 2.75) is 6.42 Å². The largest absolute Gasteiger partial charge is 0.493 e. The summed E-state index contributed by atoms with van der Waals surface area (Å²) in [7, 11) is 3.30. The fourth-order valence-electron chi connectivity index (χ4n) is 1.69. The maximum Gasteiger partial charge on any atom is 0.161 e. The first-order valence-corrected chi connectivity index (χ1v) is 4.94. The SMILES string of the molecule is COc1ccc(C2=CCC=C2)cc1OC. The van der Waals surface area contributed by atoms with Gasteiger partial charge in [-0.3, -0.25) is 0 Å². The summed E-state index contributed by atoms with van der Waals surface area (Å²) in [5.41, 5.74) is 2.41. The van der Waals surface area contributed by atoms with E-state index in [9.17, 15) is 0 Å². The lowest BCUT2D eigenvalue weighted by molar-refractivity contribution is 0.355. The van der Waals surface area contributed by atoms with Crippen LogP contribution >= 0.6 is 0 Å². The Morgan fingerprint density at radius 1 is 1.07 bits per heavy atom. The van der Waals surface area contributed by atoms with Gasteiger partial charge in [-0.25, -0.2) is 0 Å². The van der Waals surface area contributed by atoms with E-state index < -0.39 is 0 Å². The van der Waals surface area contributed by atoms with Gasteiger partial charge >= 0.3 is 0 Å². The number of methoxy groups -OCH3 is 2. The molecule has 0 amide bonds. The summed E-state index contributed by atoms with van der Waals surface area (Å²) in [4.78, 5) is 0. The van der Waals surface area contributed by atoms with Gasteiger partial charge in [0, 0.05) is 0 Å². The standard InChI is InChI=1S/C13H14O2/c1-14-12-8-7-11(9-13(12)15-2)10-5-3-4-6-10/h3,5-9H,4H2,1-2H3. The van der Waals surface area contributed by atoms with Gasteiger partial charge in [-0.2, -0.15) is 0 Å². The highest BCUT2D eigenvalue weighted by Crippen LogP contribution is 2.31. The van der Waals surface area contributed by atoms with E-state index in [2.05, 4.69) is 18.2 Å². The lowest BCUT2D eigenvalue weighted by Gasteiger charge is -2.09. The Morgan fingerprint density at radius 2 is 1.87 bits per heavy atom. The third kappa shape index (κ3) is 1.89. The smallest absolute Gasteiger partial charge is 0.161 e. The highest BCUT2D eigenvalue weighted by molar-refractivity contribution is 5.77. The molecule has 1 aliphatic carbocycles. The van der Waals surface area contributed by atoms with Crippen molar-refractivity contribution in [2.75, 3.05) is 14.2 Å². The fraction of sp³-hybridized carbons (Fsp3) is 0.231. The number of benzene rings is 1. The van der Waals surface area contributed by atoms with Crippen molar-refractivity contribution in [3.63, 3.8) is 0 Å². The van der Waals surface area contributed by atoms with E-state index in [-0.39, 0.29) is 0 Å². The van der Waals surface area contributed by atoms with E-state index in [0.717, 1.165) is 17.9 Å². The normalized spacial score (nSPS) is 13.9. The Bertz CT molecular complexity index is 417. The van der Waals surface area contributed by atoms with Gasteiger partial charge in [0.15, 0.2) is 11.5 Å². The first-order chi connectivity index (χ1) is 7.35. The molecule has 1 aliphatic rings. The Labute approximate surface area is 89.8 Å². The minimum Gasteiger partial charge on any atom is -0.493 e. The van der Waals surface area contributed by atoms with Crippen LogP contribution in [0.1, 0.15) is 12.0 Å². The lowest BCUT2D eigenvalue weighted by atomic mass is 10.1. The zero-order valence-electron chi connectivity index (χ0n) is 8.99. The summed E-state index contributed by atoms with van der Waals surface area (Å²) in [5.74, 6) is 1.54. The van der Waals surface area contributed by atoms with E-state index in [0.29, 0.717) is 0 Å². The van der Waals surface area contributed by atoms with E-state index in [4.69, 9.17) is 9.47 Å². The highest BCUT2D eigenvalue weighted by Gasteiger charge is 2.07. The van der Waals surface area contributed by atoms with Gasteiger partial charge in [0.2, 0.25) is 0 Å². The van der Waals surface area contributed by atoms with Crippen LogP contribution < -0.4 is 9.47 Å². The third-order valence-electron chi connectivity index (χ3n) is 2.49. The molecule has 1 aromatic rings. The summed E-state index contributed by atoms with van der Waals surface area (Å²) >= 11 is 0. The van der Waals surface area contributed by atoms with Crippen LogP contribution in [-0.2, 0) is 0 Å². The molecule has 0 N–H and O–H groups in total. The molecule has 0 heterocycles. The first-order valence-electron chi connectivity index (χ1n) is 4.94. The predicted molar refractivity (Wildman–Crippen MR) is 61.3 cm³/mol. The Balaban J connectivity index is 2.38. The van der Waals surface area contributed by atoms with Gasteiger partial charge in [-0.15, -0.1) is 0 Å². The third-order valence-corrected chi connectivity index (χ3v) is 2.49. The Morgan fingerprint density at radius 3 is 2.47 bits per heavy atom. The molecule has 0 radical (unpaired) electrons. The summed E-state index contributed by atoms with van der Waals surface area (Å²) in [6.07, 6.45) is 7.48. The predicted octanol–water partition coefficient (Wildman–Crippen LogP) is 3.05. The van der Waals surface area contributed by atoms with Crippen LogP contribution in [-0.4, -0.2) is 14.2 Å². The molecule has 0 saturated carbocycles. The monoisotopic (exact) mass is 202 g/mol. The van der Waals surface area contributed by atoms with Crippen molar-refractivity contribution >= 4 is 5.57 Å². The van der Waals surface area contributed by atoms with Crippen molar-refractivity contribution in [3.8, 4) is 11.5 Å². The molecule has 1 aromatic carbocycles. The van der Waals surface area contributed by atoms with Gasteiger partial charge in [-0.1, -0.05) is 24.3 Å². The molecule has 0 bridgehead atoms. The van der Waals surface area contributed by atoms with Crippen molar-refractivity contribution < 1.29 is 9.47 Å². The summed E-state index contributed by atoms with van der Waals surface area (Å²) in [6, 6.07) is 5.98. The summed E-state index contributed by atoms with van der Waals surface area (Å²) in [5, 5.41) is 0. The van der Waals surface area contributed by atoms with Gasteiger partial charge in [0.05, 0.1) is 14.2 Å². The molecule has 15 heavy (non-hydrogen) atoms. The molecule has 0 unspecified atom stereocenters. The maximum absolute atomic E-state index is 5.26. The van der Waals surface area contributed by atoms with Crippen molar-refractivity contribution in [2.24, 2.45) is 0 Å². The summed E-state index contributed by atoms with van der Waals surface area (Å²) in [6.45, 7) is 0. The molecule has 78 valence electrons. The number of allylic oxidation sites excluding steroid dienone is 4. The lowest BCUT2D eigenvalue weighted by Crippen LogP contribution is -1.91. The quantitative estimate of drug-likeness (QED) is 0.750. The Kier molecular flexibility index (Phi) is 2.77. The average Bonchev–Trinajstić information content (AvgIpc) is 2.81. The van der Waals surface area contributed by atoms with E-state index in [1.54, 1.807) is 14.2 Å². The molecule has 0 fully saturated rings. The van der Waals surface area contributed by atoms with E-state index >= 15 is 0 Å². The Hall–Kier alpha value is -1.70. The van der Waals surface area contributed by atoms with Crippen LogP contribution in [0.3, 0.4) is 0 Å². The van der Waals surface area contributed by atoms with Crippen LogP contribution in [0.25, 0.3) is 5.57 Å². The highest BCUT2D eigenvalue weighted by atomic mass is 16.5. The molecule has 0 saturated heterocycles. The van der Waals surface area contributed by atoms with Crippen molar-refractivity contribution in [1.29, 1.82) is 0 Å². The average molecular weight is 202 g/mol. The minimum absolute atomic E-state index is 0.767. The molecule has 0 aromatic heterocycles. The second-order valence-corrected chi connectivity index (χ2v) is 3.37. The van der Waals surface area contributed by atoms with Crippen LogP contribution in [0.4, 0.5) is 0 Å². The molecule has 0 aliphatic heterocycles. The molecular formula is C13H14O2. The molecule has 0 atom stereocenters. The molecule has 2 heteroatoms. The number of hydrogen-bond acceptors (Lipinski definition) is 2. The van der Waals surface area contributed by atoms with Crippen molar-refractivity contribution in [1.82, 2.24) is 0 Å². The van der Waals surface area contributed by atoms with Gasteiger partial charge in [0.1, 0.15) is 0 Å². The zero-order chi connectivity index (χ0) is 10.7. The molecular weight excluding hydrogens is 188 g/mol.